The molecule has 0 spiro atoms. The van der Waals surface area contributed by atoms with Gasteiger partial charge >= 0.3 is 5.97 Å². The summed E-state index contributed by atoms with van der Waals surface area (Å²) in [5.41, 5.74) is 1.25. The lowest BCUT2D eigenvalue weighted by Gasteiger charge is -2.03. The molecular formula is C15H18N2O3S. The Morgan fingerprint density at radius 2 is 2.14 bits per heavy atom. The smallest absolute Gasteiger partial charge is 0.338 e. The van der Waals surface area contributed by atoms with Crippen LogP contribution in [0, 0.1) is 5.92 Å². The van der Waals surface area contributed by atoms with Gasteiger partial charge in [0.25, 0.3) is 0 Å². The molecule has 0 bridgehead atoms. The van der Waals surface area contributed by atoms with Crippen LogP contribution in [0.5, 0.6) is 0 Å². The Labute approximate surface area is 127 Å². The maximum atomic E-state index is 11.7. The zero-order valence-electron chi connectivity index (χ0n) is 12.3. The van der Waals surface area contributed by atoms with Crippen LogP contribution in [0.4, 0.5) is 5.13 Å². The lowest BCUT2D eigenvalue weighted by atomic mass is 10.1. The average Bonchev–Trinajstić information content (AvgIpc) is 2.78. The summed E-state index contributed by atoms with van der Waals surface area (Å²) in [6.07, 6.45) is 0.462. The minimum Gasteiger partial charge on any atom is -0.462 e. The summed E-state index contributed by atoms with van der Waals surface area (Å²) in [5, 5.41) is 3.34. The first kappa shape index (κ1) is 15.4. The molecule has 0 unspecified atom stereocenters. The number of nitrogens with zero attached hydrogens (tertiary/aromatic N) is 1. The van der Waals surface area contributed by atoms with Gasteiger partial charge in [0, 0.05) is 6.42 Å². The highest BCUT2D eigenvalue weighted by Crippen LogP contribution is 2.27. The van der Waals surface area contributed by atoms with Crippen LogP contribution in [-0.2, 0) is 9.53 Å². The maximum absolute atomic E-state index is 11.7. The third-order valence-corrected chi connectivity index (χ3v) is 3.67. The van der Waals surface area contributed by atoms with Crippen molar-refractivity contribution in [3.05, 3.63) is 23.8 Å². The molecule has 6 heteroatoms. The molecule has 21 heavy (non-hydrogen) atoms. The Kier molecular flexibility index (Phi) is 4.90. The van der Waals surface area contributed by atoms with Gasteiger partial charge in [0.2, 0.25) is 5.91 Å². The van der Waals surface area contributed by atoms with Crippen molar-refractivity contribution in [2.75, 3.05) is 11.9 Å². The molecule has 1 aromatic carbocycles. The van der Waals surface area contributed by atoms with E-state index in [2.05, 4.69) is 10.3 Å². The molecule has 1 N–H and O–H groups in total. The zero-order valence-corrected chi connectivity index (χ0v) is 13.1. The van der Waals surface area contributed by atoms with E-state index in [1.165, 1.54) is 11.3 Å². The van der Waals surface area contributed by atoms with Crippen LogP contribution in [0.2, 0.25) is 0 Å². The van der Waals surface area contributed by atoms with Gasteiger partial charge in [0.1, 0.15) is 0 Å². The maximum Gasteiger partial charge on any atom is 0.338 e. The van der Waals surface area contributed by atoms with Crippen molar-refractivity contribution < 1.29 is 14.3 Å². The third kappa shape index (κ3) is 4.01. The normalized spacial score (nSPS) is 10.9. The lowest BCUT2D eigenvalue weighted by molar-refractivity contribution is -0.116. The number of esters is 1. The highest BCUT2D eigenvalue weighted by atomic mass is 32.1. The molecule has 2 rings (SSSR count). The molecule has 0 aliphatic carbocycles. The molecule has 112 valence electrons. The molecule has 1 amide bonds. The van der Waals surface area contributed by atoms with E-state index in [1.54, 1.807) is 25.1 Å². The van der Waals surface area contributed by atoms with Crippen LogP contribution in [0.3, 0.4) is 0 Å². The quantitative estimate of drug-likeness (QED) is 0.859. The van der Waals surface area contributed by atoms with Crippen LogP contribution < -0.4 is 5.32 Å². The van der Waals surface area contributed by atoms with Gasteiger partial charge in [-0.05, 0) is 31.0 Å². The minimum atomic E-state index is -0.349. The number of fused-ring (bicyclic) bond motifs is 1. The second-order valence-corrected chi connectivity index (χ2v) is 6.10. The van der Waals surface area contributed by atoms with Crippen molar-refractivity contribution in [2.45, 2.75) is 27.2 Å². The number of amides is 1. The number of hydrogen-bond donors (Lipinski definition) is 1. The van der Waals surface area contributed by atoms with Crippen molar-refractivity contribution in [1.29, 1.82) is 0 Å². The molecule has 0 saturated carbocycles. The number of rotatable bonds is 5. The second kappa shape index (κ2) is 6.67. The van der Waals surface area contributed by atoms with Gasteiger partial charge < -0.3 is 10.1 Å². The van der Waals surface area contributed by atoms with Crippen LogP contribution in [0.15, 0.2) is 18.2 Å². The number of carbonyl (C=O) groups excluding carboxylic acids is 2. The predicted octanol–water partition coefficient (Wildman–Crippen LogP) is 3.46. The van der Waals surface area contributed by atoms with Gasteiger partial charge in [-0.1, -0.05) is 25.2 Å². The summed E-state index contributed by atoms with van der Waals surface area (Å²) in [5.74, 6) is -0.0948. The Morgan fingerprint density at radius 1 is 1.38 bits per heavy atom. The van der Waals surface area contributed by atoms with Crippen molar-refractivity contribution in [2.24, 2.45) is 5.92 Å². The van der Waals surface area contributed by atoms with Crippen molar-refractivity contribution >= 4 is 38.6 Å². The fraction of sp³-hybridized carbons (Fsp3) is 0.400. The molecule has 5 nitrogen and oxygen atoms in total. The first-order valence-electron chi connectivity index (χ1n) is 6.87. The molecule has 0 aliphatic heterocycles. The predicted molar refractivity (Wildman–Crippen MR) is 83.7 cm³/mol. The summed E-state index contributed by atoms with van der Waals surface area (Å²) >= 11 is 1.35. The number of benzene rings is 1. The molecule has 0 radical (unpaired) electrons. The Hall–Kier alpha value is -1.95. The van der Waals surface area contributed by atoms with Gasteiger partial charge in [-0.3, -0.25) is 4.79 Å². The van der Waals surface area contributed by atoms with E-state index in [0.29, 0.717) is 29.6 Å². The monoisotopic (exact) mass is 306 g/mol. The Balaban J connectivity index is 2.18. The molecule has 0 atom stereocenters. The largest absolute Gasteiger partial charge is 0.462 e. The molecule has 0 aliphatic rings. The van der Waals surface area contributed by atoms with Crippen molar-refractivity contribution in [1.82, 2.24) is 4.98 Å². The van der Waals surface area contributed by atoms with E-state index in [1.807, 2.05) is 13.8 Å². The summed E-state index contributed by atoms with van der Waals surface area (Å²) < 4.78 is 5.82. The first-order valence-corrected chi connectivity index (χ1v) is 7.68. The molecule has 0 fully saturated rings. The Bertz CT molecular complexity index is 664. The number of carbonyl (C=O) groups is 2. The number of aromatic nitrogens is 1. The summed E-state index contributed by atoms with van der Waals surface area (Å²) in [6, 6.07) is 5.18. The fourth-order valence-electron chi connectivity index (χ4n) is 1.86. The Morgan fingerprint density at radius 3 is 2.81 bits per heavy atom. The third-order valence-electron chi connectivity index (χ3n) is 2.74. The molecule has 0 saturated heterocycles. The summed E-state index contributed by atoms with van der Waals surface area (Å²) in [4.78, 5) is 27.8. The van der Waals surface area contributed by atoms with Crippen LogP contribution in [-0.4, -0.2) is 23.5 Å². The van der Waals surface area contributed by atoms with E-state index in [-0.39, 0.29) is 11.9 Å². The second-order valence-electron chi connectivity index (χ2n) is 5.07. The minimum absolute atomic E-state index is 0.0466. The lowest BCUT2D eigenvalue weighted by Crippen LogP contribution is -2.13. The van der Waals surface area contributed by atoms with E-state index in [0.717, 1.165) is 10.2 Å². The van der Waals surface area contributed by atoms with Gasteiger partial charge in [-0.15, -0.1) is 0 Å². The van der Waals surface area contributed by atoms with Crippen LogP contribution in [0.1, 0.15) is 37.6 Å². The van der Waals surface area contributed by atoms with Gasteiger partial charge in [-0.25, -0.2) is 9.78 Å². The average molecular weight is 306 g/mol. The number of hydrogen-bond acceptors (Lipinski definition) is 5. The standard InChI is InChI=1S/C15H18N2O3S/c1-4-20-14(19)10-5-6-11-12(8-10)21-15(16-11)17-13(18)7-9(2)3/h5-6,8-9H,4,7H2,1-3H3,(H,16,17,18). The van der Waals surface area contributed by atoms with Gasteiger partial charge in [0.15, 0.2) is 5.13 Å². The molecule has 1 heterocycles. The number of anilines is 1. The topological polar surface area (TPSA) is 68.3 Å². The fourth-order valence-corrected chi connectivity index (χ4v) is 2.78. The number of thiazole rings is 1. The first-order chi connectivity index (χ1) is 9.99. The molecule has 2 aromatic rings. The molecular weight excluding hydrogens is 288 g/mol. The van der Waals surface area contributed by atoms with Crippen molar-refractivity contribution in [3.63, 3.8) is 0 Å². The zero-order chi connectivity index (χ0) is 15.4. The van der Waals surface area contributed by atoms with Crippen molar-refractivity contribution in [3.8, 4) is 0 Å². The summed E-state index contributed by atoms with van der Waals surface area (Å²) in [7, 11) is 0. The van der Waals surface area contributed by atoms with Gasteiger partial charge in [0.05, 0.1) is 22.4 Å². The highest BCUT2D eigenvalue weighted by molar-refractivity contribution is 7.22. The van der Waals surface area contributed by atoms with E-state index >= 15 is 0 Å². The number of ether oxygens (including phenoxy) is 1. The summed E-state index contributed by atoms with van der Waals surface area (Å²) in [6.45, 7) is 6.09. The van der Waals surface area contributed by atoms with Gasteiger partial charge in [-0.2, -0.15) is 0 Å². The van der Waals surface area contributed by atoms with E-state index in [4.69, 9.17) is 4.74 Å². The molecule has 1 aromatic heterocycles. The van der Waals surface area contributed by atoms with Crippen LogP contribution in [0.25, 0.3) is 10.2 Å². The van der Waals surface area contributed by atoms with Crippen LogP contribution >= 0.6 is 11.3 Å². The SMILES string of the molecule is CCOC(=O)c1ccc2nc(NC(=O)CC(C)C)sc2c1. The van der Waals surface area contributed by atoms with E-state index < -0.39 is 0 Å². The highest BCUT2D eigenvalue weighted by Gasteiger charge is 2.12. The number of nitrogens with one attached hydrogen (secondary N) is 1. The van der Waals surface area contributed by atoms with E-state index in [9.17, 15) is 9.59 Å².